The molecule has 5 heteroatoms. The van der Waals surface area contributed by atoms with Crippen molar-refractivity contribution in [1.82, 2.24) is 9.55 Å². The van der Waals surface area contributed by atoms with Crippen molar-refractivity contribution < 1.29 is 9.90 Å². The average Bonchev–Trinajstić information content (AvgIpc) is 2.76. The second-order valence-corrected chi connectivity index (χ2v) is 4.89. The first kappa shape index (κ1) is 10.4. The lowest BCUT2D eigenvalue weighted by Gasteiger charge is -1.97. The first-order valence-electron chi connectivity index (χ1n) is 5.08. The Morgan fingerprint density at radius 3 is 2.82 bits per heavy atom. The van der Waals surface area contributed by atoms with E-state index in [4.69, 9.17) is 5.11 Å². The highest BCUT2D eigenvalue weighted by molar-refractivity contribution is 9.10. The molecule has 0 aliphatic carbocycles. The van der Waals surface area contributed by atoms with Crippen LogP contribution in [0.1, 0.15) is 10.5 Å². The number of carboxylic acid groups (broad SMARTS) is 1. The Kier molecular flexibility index (Phi) is 2.06. The Morgan fingerprint density at radius 1 is 1.35 bits per heavy atom. The van der Waals surface area contributed by atoms with Gasteiger partial charge < -0.3 is 14.7 Å². The second-order valence-electron chi connectivity index (χ2n) is 3.97. The lowest BCUT2D eigenvalue weighted by Crippen LogP contribution is -2.03. The van der Waals surface area contributed by atoms with Gasteiger partial charge in [-0.1, -0.05) is 22.0 Å². The summed E-state index contributed by atoms with van der Waals surface area (Å²) in [6.45, 7) is 0. The Hall–Kier alpha value is -1.75. The largest absolute Gasteiger partial charge is 0.477 e. The van der Waals surface area contributed by atoms with Gasteiger partial charge in [0.05, 0.1) is 0 Å². The van der Waals surface area contributed by atoms with E-state index in [1.54, 1.807) is 17.7 Å². The quantitative estimate of drug-likeness (QED) is 0.724. The summed E-state index contributed by atoms with van der Waals surface area (Å²) in [5.41, 5.74) is 2.11. The molecule has 0 bridgehead atoms. The molecule has 0 saturated carbocycles. The van der Waals surface area contributed by atoms with Crippen molar-refractivity contribution in [2.24, 2.45) is 7.05 Å². The molecule has 0 unspecified atom stereocenters. The Balaban J connectivity index is 2.45. The van der Waals surface area contributed by atoms with Crippen LogP contribution in [0.3, 0.4) is 0 Å². The first-order valence-corrected chi connectivity index (χ1v) is 5.87. The van der Waals surface area contributed by atoms with Crippen molar-refractivity contribution in [1.29, 1.82) is 0 Å². The monoisotopic (exact) mass is 292 g/mol. The van der Waals surface area contributed by atoms with Gasteiger partial charge in [0.15, 0.2) is 0 Å². The van der Waals surface area contributed by atoms with Crippen LogP contribution in [0.2, 0.25) is 0 Å². The van der Waals surface area contributed by atoms with E-state index >= 15 is 0 Å². The van der Waals surface area contributed by atoms with Crippen LogP contribution in [0.5, 0.6) is 0 Å². The van der Waals surface area contributed by atoms with Crippen molar-refractivity contribution in [3.8, 4) is 0 Å². The Labute approximate surface area is 105 Å². The molecule has 0 spiro atoms. The van der Waals surface area contributed by atoms with Crippen molar-refractivity contribution >= 4 is 43.8 Å². The number of nitrogens with one attached hydrogen (secondary N) is 1. The predicted octanol–water partition coefficient (Wildman–Crippen LogP) is 3.12. The fourth-order valence-corrected chi connectivity index (χ4v) is 2.51. The number of aromatic nitrogens is 2. The molecule has 2 N–H and O–H groups in total. The summed E-state index contributed by atoms with van der Waals surface area (Å²) < 4.78 is 2.65. The van der Waals surface area contributed by atoms with Crippen LogP contribution in [-0.2, 0) is 7.05 Å². The topological polar surface area (TPSA) is 58.0 Å². The molecule has 0 amide bonds. The minimum atomic E-state index is -0.914. The standard InChI is InChI=1S/C12H9BrN2O2/c1-15-10(12(16)17)5-8-7-3-2-6(13)4-9(7)14-11(8)15/h2-5,14H,1H3,(H,16,17). The summed E-state index contributed by atoms with van der Waals surface area (Å²) in [7, 11) is 1.75. The second kappa shape index (κ2) is 3.37. The highest BCUT2D eigenvalue weighted by atomic mass is 79.9. The third-order valence-electron chi connectivity index (χ3n) is 2.98. The van der Waals surface area contributed by atoms with E-state index in [0.717, 1.165) is 26.4 Å². The minimum absolute atomic E-state index is 0.288. The molecule has 0 saturated heterocycles. The summed E-state index contributed by atoms with van der Waals surface area (Å²) in [5.74, 6) is -0.914. The molecule has 0 fully saturated rings. The highest BCUT2D eigenvalue weighted by Gasteiger charge is 2.15. The van der Waals surface area contributed by atoms with Gasteiger partial charge in [0.1, 0.15) is 11.3 Å². The van der Waals surface area contributed by atoms with Gasteiger partial charge >= 0.3 is 5.97 Å². The number of nitrogens with zero attached hydrogens (tertiary/aromatic N) is 1. The number of aromatic carboxylic acids is 1. The molecule has 0 aliphatic heterocycles. The number of halogens is 1. The number of H-pyrrole nitrogens is 1. The van der Waals surface area contributed by atoms with Crippen molar-refractivity contribution in [2.45, 2.75) is 0 Å². The third kappa shape index (κ3) is 1.39. The zero-order valence-corrected chi connectivity index (χ0v) is 10.6. The Bertz CT molecular complexity index is 755. The predicted molar refractivity (Wildman–Crippen MR) is 69.4 cm³/mol. The van der Waals surface area contributed by atoms with Crippen molar-refractivity contribution in [3.05, 3.63) is 34.4 Å². The first-order chi connectivity index (χ1) is 8.08. The van der Waals surface area contributed by atoms with Crippen LogP contribution >= 0.6 is 15.9 Å². The number of benzene rings is 1. The van der Waals surface area contributed by atoms with Gasteiger partial charge in [0, 0.05) is 27.8 Å². The Morgan fingerprint density at radius 2 is 2.12 bits per heavy atom. The number of hydrogen-bond acceptors (Lipinski definition) is 1. The van der Waals surface area contributed by atoms with E-state index in [0.29, 0.717) is 0 Å². The summed E-state index contributed by atoms with van der Waals surface area (Å²) in [5, 5.41) is 11.0. The minimum Gasteiger partial charge on any atom is -0.477 e. The van der Waals surface area contributed by atoms with Gasteiger partial charge in [-0.3, -0.25) is 0 Å². The lowest BCUT2D eigenvalue weighted by molar-refractivity contribution is 0.0687. The molecule has 3 rings (SSSR count). The molecular formula is C12H9BrN2O2. The molecule has 86 valence electrons. The fourth-order valence-electron chi connectivity index (χ4n) is 2.15. The molecule has 2 aromatic heterocycles. The molecule has 1 aromatic carbocycles. The maximum Gasteiger partial charge on any atom is 0.352 e. The average molecular weight is 293 g/mol. The number of carbonyl (C=O) groups is 1. The van der Waals surface area contributed by atoms with Crippen LogP contribution in [0.15, 0.2) is 28.7 Å². The van der Waals surface area contributed by atoms with Crippen LogP contribution < -0.4 is 0 Å². The number of rotatable bonds is 1. The van der Waals surface area contributed by atoms with Gasteiger partial charge in [-0.2, -0.15) is 0 Å². The summed E-state index contributed by atoms with van der Waals surface area (Å²) in [6, 6.07) is 7.60. The molecule has 17 heavy (non-hydrogen) atoms. The zero-order chi connectivity index (χ0) is 12.2. The van der Waals surface area contributed by atoms with Gasteiger partial charge in [-0.15, -0.1) is 0 Å². The van der Waals surface area contributed by atoms with Gasteiger partial charge in [0.2, 0.25) is 0 Å². The highest BCUT2D eigenvalue weighted by Crippen LogP contribution is 2.29. The summed E-state index contributed by atoms with van der Waals surface area (Å²) >= 11 is 3.41. The number of aryl methyl sites for hydroxylation is 1. The molecule has 3 aromatic rings. The van der Waals surface area contributed by atoms with E-state index in [-0.39, 0.29) is 5.69 Å². The summed E-state index contributed by atoms with van der Waals surface area (Å²) in [6.07, 6.45) is 0. The van der Waals surface area contributed by atoms with E-state index < -0.39 is 5.97 Å². The number of carboxylic acids is 1. The van der Waals surface area contributed by atoms with Crippen LogP contribution in [0.25, 0.3) is 21.9 Å². The van der Waals surface area contributed by atoms with Gasteiger partial charge in [0.25, 0.3) is 0 Å². The van der Waals surface area contributed by atoms with Crippen LogP contribution in [0.4, 0.5) is 0 Å². The SMILES string of the molecule is Cn1c(C(=O)O)cc2c3ccc(Br)cc3[nH]c21. The lowest BCUT2D eigenvalue weighted by atomic mass is 10.2. The molecule has 0 aliphatic rings. The van der Waals surface area contributed by atoms with Gasteiger partial charge in [-0.05, 0) is 18.2 Å². The van der Waals surface area contributed by atoms with Crippen molar-refractivity contribution in [2.75, 3.05) is 0 Å². The van der Waals surface area contributed by atoms with Crippen LogP contribution in [0, 0.1) is 0 Å². The fraction of sp³-hybridized carbons (Fsp3) is 0.0833. The van der Waals surface area contributed by atoms with Gasteiger partial charge in [-0.25, -0.2) is 4.79 Å². The number of hydrogen-bond donors (Lipinski definition) is 2. The molecule has 0 atom stereocenters. The van der Waals surface area contributed by atoms with Crippen LogP contribution in [-0.4, -0.2) is 20.6 Å². The third-order valence-corrected chi connectivity index (χ3v) is 3.47. The molecule has 0 radical (unpaired) electrons. The number of fused-ring (bicyclic) bond motifs is 3. The number of aromatic amines is 1. The molecular weight excluding hydrogens is 284 g/mol. The zero-order valence-electron chi connectivity index (χ0n) is 8.99. The van der Waals surface area contributed by atoms with Crippen molar-refractivity contribution in [3.63, 3.8) is 0 Å². The maximum atomic E-state index is 11.0. The normalized spacial score (nSPS) is 11.4. The van der Waals surface area contributed by atoms with E-state index in [1.165, 1.54) is 0 Å². The smallest absolute Gasteiger partial charge is 0.352 e. The molecule has 4 nitrogen and oxygen atoms in total. The summed E-state index contributed by atoms with van der Waals surface area (Å²) in [4.78, 5) is 14.3. The van der Waals surface area contributed by atoms with E-state index in [1.807, 2.05) is 18.2 Å². The molecule has 2 heterocycles. The maximum absolute atomic E-state index is 11.0. The van der Waals surface area contributed by atoms with E-state index in [2.05, 4.69) is 20.9 Å². The van der Waals surface area contributed by atoms with E-state index in [9.17, 15) is 4.79 Å².